The summed E-state index contributed by atoms with van der Waals surface area (Å²) in [6.45, 7) is 9.55. The predicted molar refractivity (Wildman–Crippen MR) is 110 cm³/mol. The van der Waals surface area contributed by atoms with Gasteiger partial charge in [-0.1, -0.05) is 24.3 Å². The van der Waals surface area contributed by atoms with Crippen molar-refractivity contribution in [1.29, 1.82) is 5.26 Å². The van der Waals surface area contributed by atoms with Gasteiger partial charge in [0.05, 0.1) is 16.9 Å². The van der Waals surface area contributed by atoms with Crippen LogP contribution >= 0.6 is 0 Å². The highest BCUT2D eigenvalue weighted by atomic mass is 15.0. The van der Waals surface area contributed by atoms with Crippen LogP contribution in [0.25, 0.3) is 11.3 Å². The quantitative estimate of drug-likeness (QED) is 0.700. The zero-order valence-corrected chi connectivity index (χ0v) is 16.3. The van der Waals surface area contributed by atoms with Crippen molar-refractivity contribution in [2.24, 2.45) is 0 Å². The lowest BCUT2D eigenvalue weighted by Crippen LogP contribution is -2.07. The summed E-state index contributed by atoms with van der Waals surface area (Å²) in [5.74, 6) is 0.721. The van der Waals surface area contributed by atoms with Crippen LogP contribution in [0.3, 0.4) is 0 Å². The molecule has 0 fully saturated rings. The van der Waals surface area contributed by atoms with E-state index in [1.54, 1.807) is 0 Å². The number of aryl methyl sites for hydroxylation is 3. The van der Waals surface area contributed by atoms with E-state index >= 15 is 0 Å². The van der Waals surface area contributed by atoms with E-state index in [9.17, 15) is 5.26 Å². The first-order chi connectivity index (χ1) is 12.9. The smallest absolute Gasteiger partial charge is 0.150 e. The molecule has 0 bridgehead atoms. The van der Waals surface area contributed by atoms with Crippen molar-refractivity contribution in [3.05, 3.63) is 64.5 Å². The molecule has 0 amide bonds. The van der Waals surface area contributed by atoms with Crippen molar-refractivity contribution in [2.45, 2.75) is 40.8 Å². The maximum absolute atomic E-state index is 9.46. The van der Waals surface area contributed by atoms with E-state index in [2.05, 4.69) is 52.1 Å². The van der Waals surface area contributed by atoms with Crippen molar-refractivity contribution in [1.82, 2.24) is 9.55 Å². The molecule has 0 unspecified atom stereocenters. The van der Waals surface area contributed by atoms with E-state index in [-0.39, 0.29) is 0 Å². The first kappa shape index (κ1) is 18.5. The fourth-order valence-electron chi connectivity index (χ4n) is 3.43. The third kappa shape index (κ3) is 3.65. The summed E-state index contributed by atoms with van der Waals surface area (Å²) in [4.78, 5) is 4.49. The van der Waals surface area contributed by atoms with Gasteiger partial charge in [-0.3, -0.25) is 0 Å². The monoisotopic (exact) mass is 359 g/mol. The van der Waals surface area contributed by atoms with Crippen LogP contribution < -0.4 is 11.1 Å². The Kier molecular flexibility index (Phi) is 5.18. The molecule has 3 aromatic rings. The molecule has 0 saturated heterocycles. The minimum absolute atomic E-state index is 0.638. The first-order valence-electron chi connectivity index (χ1n) is 9.11. The average Bonchev–Trinajstić information content (AvgIpc) is 2.99. The van der Waals surface area contributed by atoms with Gasteiger partial charge in [-0.15, -0.1) is 0 Å². The molecule has 0 aliphatic rings. The molecule has 5 nitrogen and oxygen atoms in total. The van der Waals surface area contributed by atoms with E-state index in [1.807, 2.05) is 32.9 Å². The lowest BCUT2D eigenvalue weighted by atomic mass is 10.1. The Bertz CT molecular complexity index is 1010. The molecular weight excluding hydrogens is 334 g/mol. The number of nitrogen functional groups attached to an aromatic ring is 1. The van der Waals surface area contributed by atoms with Gasteiger partial charge in [0, 0.05) is 24.5 Å². The fourth-order valence-corrected chi connectivity index (χ4v) is 3.43. The number of pyridine rings is 1. The highest BCUT2D eigenvalue weighted by Gasteiger charge is 2.13. The number of rotatable bonds is 5. The molecule has 138 valence electrons. The van der Waals surface area contributed by atoms with Crippen LogP contribution in [0.2, 0.25) is 0 Å². The number of hydrogen-bond donors (Lipinski definition) is 2. The molecule has 2 heterocycles. The Morgan fingerprint density at radius 1 is 1.15 bits per heavy atom. The van der Waals surface area contributed by atoms with Gasteiger partial charge in [0.2, 0.25) is 0 Å². The lowest BCUT2D eigenvalue weighted by molar-refractivity contribution is 0.750. The van der Waals surface area contributed by atoms with Gasteiger partial charge in [-0.25, -0.2) is 4.98 Å². The summed E-state index contributed by atoms with van der Waals surface area (Å²) in [5.41, 5.74) is 13.8. The van der Waals surface area contributed by atoms with Crippen molar-refractivity contribution >= 4 is 11.5 Å². The molecule has 5 heteroatoms. The Morgan fingerprint density at radius 2 is 1.85 bits per heavy atom. The first-order valence-corrected chi connectivity index (χ1v) is 9.11. The molecule has 3 rings (SSSR count). The van der Waals surface area contributed by atoms with Crippen LogP contribution in [-0.4, -0.2) is 9.55 Å². The van der Waals surface area contributed by atoms with Crippen LogP contribution in [0.5, 0.6) is 0 Å². The molecule has 0 saturated carbocycles. The topological polar surface area (TPSA) is 79.7 Å². The zero-order chi connectivity index (χ0) is 19.6. The third-order valence-corrected chi connectivity index (χ3v) is 4.82. The summed E-state index contributed by atoms with van der Waals surface area (Å²) in [6, 6.07) is 14.5. The minimum Gasteiger partial charge on any atom is -0.396 e. The summed E-state index contributed by atoms with van der Waals surface area (Å²) < 4.78 is 2.17. The average molecular weight is 359 g/mol. The van der Waals surface area contributed by atoms with E-state index < -0.39 is 0 Å². The minimum atomic E-state index is 0.638. The predicted octanol–water partition coefficient (Wildman–Crippen LogP) is 4.56. The maximum atomic E-state index is 9.46. The summed E-state index contributed by atoms with van der Waals surface area (Å²) in [5, 5.41) is 12.8. The van der Waals surface area contributed by atoms with Gasteiger partial charge < -0.3 is 15.6 Å². The second kappa shape index (κ2) is 7.55. The van der Waals surface area contributed by atoms with E-state index in [0.29, 0.717) is 17.8 Å². The Morgan fingerprint density at radius 3 is 2.48 bits per heavy atom. The van der Waals surface area contributed by atoms with Crippen LogP contribution in [0.15, 0.2) is 36.4 Å². The molecule has 0 aliphatic carbocycles. The molecule has 0 atom stereocenters. The lowest BCUT2D eigenvalue weighted by Gasteiger charge is -2.13. The van der Waals surface area contributed by atoms with Crippen LogP contribution in [0.4, 0.5) is 11.5 Å². The van der Waals surface area contributed by atoms with Crippen LogP contribution in [0, 0.1) is 32.1 Å². The van der Waals surface area contributed by atoms with Gasteiger partial charge in [-0.2, -0.15) is 5.26 Å². The normalized spacial score (nSPS) is 10.6. The SMILES string of the molecule is CCn1c(C)cc(C#N)c1-c1ccc(CNc2nc(C)cc(C)c2N)cc1. The van der Waals surface area contributed by atoms with Gasteiger partial charge in [0.15, 0.2) is 0 Å². The number of anilines is 2. The zero-order valence-electron chi connectivity index (χ0n) is 16.3. The molecule has 0 spiro atoms. The summed E-state index contributed by atoms with van der Waals surface area (Å²) in [7, 11) is 0. The number of hydrogen-bond acceptors (Lipinski definition) is 4. The Hall–Kier alpha value is -3.26. The summed E-state index contributed by atoms with van der Waals surface area (Å²) >= 11 is 0. The van der Waals surface area contributed by atoms with E-state index in [1.165, 1.54) is 0 Å². The number of nitrogens with two attached hydrogens (primary N) is 1. The molecule has 2 aromatic heterocycles. The molecular formula is C22H25N5. The summed E-state index contributed by atoms with van der Waals surface area (Å²) in [6.07, 6.45) is 0. The van der Waals surface area contributed by atoms with Gasteiger partial charge in [0.25, 0.3) is 0 Å². The van der Waals surface area contributed by atoms with Crippen LogP contribution in [0.1, 0.15) is 35.0 Å². The number of nitriles is 1. The number of nitrogens with zero attached hydrogens (tertiary/aromatic N) is 3. The van der Waals surface area contributed by atoms with Gasteiger partial charge in [0.1, 0.15) is 11.9 Å². The molecule has 3 N–H and O–H groups in total. The van der Waals surface area contributed by atoms with E-state index in [0.717, 1.165) is 46.1 Å². The highest BCUT2D eigenvalue weighted by molar-refractivity contribution is 5.69. The molecule has 0 aliphatic heterocycles. The van der Waals surface area contributed by atoms with Crippen molar-refractivity contribution < 1.29 is 0 Å². The van der Waals surface area contributed by atoms with Crippen molar-refractivity contribution in [3.8, 4) is 17.3 Å². The second-order valence-corrected chi connectivity index (χ2v) is 6.80. The highest BCUT2D eigenvalue weighted by Crippen LogP contribution is 2.28. The Balaban J connectivity index is 1.82. The number of benzene rings is 1. The third-order valence-electron chi connectivity index (χ3n) is 4.82. The fraction of sp³-hybridized carbons (Fsp3) is 0.273. The number of nitrogens with one attached hydrogen (secondary N) is 1. The Labute approximate surface area is 160 Å². The molecule has 1 aromatic carbocycles. The standard InChI is InChI=1S/C22H25N5/c1-5-27-16(4)11-19(12-23)21(27)18-8-6-17(7-9-18)13-25-22-20(24)14(2)10-15(3)26-22/h6-11H,5,13,24H2,1-4H3,(H,25,26). The molecule has 27 heavy (non-hydrogen) atoms. The van der Waals surface area contributed by atoms with Crippen molar-refractivity contribution in [2.75, 3.05) is 11.1 Å². The maximum Gasteiger partial charge on any atom is 0.150 e. The van der Waals surface area contributed by atoms with Crippen LogP contribution in [-0.2, 0) is 13.1 Å². The van der Waals surface area contributed by atoms with Crippen molar-refractivity contribution in [3.63, 3.8) is 0 Å². The number of aromatic nitrogens is 2. The van der Waals surface area contributed by atoms with E-state index in [4.69, 9.17) is 5.73 Å². The van der Waals surface area contributed by atoms with Gasteiger partial charge >= 0.3 is 0 Å². The largest absolute Gasteiger partial charge is 0.396 e. The van der Waals surface area contributed by atoms with Gasteiger partial charge in [-0.05, 0) is 56.5 Å². The second-order valence-electron chi connectivity index (χ2n) is 6.80. The molecule has 0 radical (unpaired) electrons.